The molecule has 7 heavy (non-hydrogen) atoms. The standard InChI is InChI=1S/C4H6N2.Ag/c1-6-3-2-5-4-6;/h2-4H,1H3;. The summed E-state index contributed by atoms with van der Waals surface area (Å²) in [4.78, 5) is 3.78. The van der Waals surface area contributed by atoms with E-state index in [2.05, 4.69) is 4.98 Å². The van der Waals surface area contributed by atoms with E-state index in [1.807, 2.05) is 17.8 Å². The molecule has 0 amide bonds. The van der Waals surface area contributed by atoms with Crippen LogP contribution < -0.4 is 0 Å². The number of hydrogen-bond donors (Lipinski definition) is 0. The summed E-state index contributed by atoms with van der Waals surface area (Å²) >= 11 is 0. The Bertz CT molecular complexity index is 113. The maximum absolute atomic E-state index is 3.78. The van der Waals surface area contributed by atoms with E-state index in [1.165, 1.54) is 0 Å². The molecule has 3 heteroatoms. The van der Waals surface area contributed by atoms with Crippen molar-refractivity contribution in [3.63, 3.8) is 0 Å². The van der Waals surface area contributed by atoms with Crippen LogP contribution in [0.25, 0.3) is 0 Å². The minimum Gasteiger partial charge on any atom is -0.341 e. The van der Waals surface area contributed by atoms with Crippen LogP contribution in [-0.2, 0) is 29.4 Å². The predicted molar refractivity (Wildman–Crippen MR) is 23.2 cm³/mol. The Balaban J connectivity index is 0.000000360. The first-order valence-corrected chi connectivity index (χ1v) is 1.81. The monoisotopic (exact) mass is 189 g/mol. The van der Waals surface area contributed by atoms with Crippen molar-refractivity contribution in [2.45, 2.75) is 0 Å². The molecule has 1 aromatic rings. The first-order chi connectivity index (χ1) is 2.89. The average molecular weight is 190 g/mol. The zero-order valence-corrected chi connectivity index (χ0v) is 5.41. The number of aromatic nitrogens is 2. The molecule has 1 heterocycles. The molecule has 0 N–H and O–H groups in total. The van der Waals surface area contributed by atoms with Crippen molar-refractivity contribution in [1.82, 2.24) is 9.55 Å². The zero-order chi connectivity index (χ0) is 4.41. The van der Waals surface area contributed by atoms with Crippen molar-refractivity contribution in [1.29, 1.82) is 0 Å². The van der Waals surface area contributed by atoms with Gasteiger partial charge >= 0.3 is 0 Å². The van der Waals surface area contributed by atoms with Crippen molar-refractivity contribution in [2.75, 3.05) is 0 Å². The Morgan fingerprint density at radius 2 is 2.29 bits per heavy atom. The van der Waals surface area contributed by atoms with Crippen molar-refractivity contribution >= 4 is 0 Å². The maximum Gasteiger partial charge on any atom is 0.0943 e. The third kappa shape index (κ3) is 1.92. The van der Waals surface area contributed by atoms with Crippen LogP contribution in [0.5, 0.6) is 0 Å². The van der Waals surface area contributed by atoms with E-state index < -0.39 is 0 Å². The van der Waals surface area contributed by atoms with Gasteiger partial charge in [0.05, 0.1) is 6.33 Å². The van der Waals surface area contributed by atoms with E-state index in [0.29, 0.717) is 0 Å². The van der Waals surface area contributed by atoms with Crippen LogP contribution in [0.4, 0.5) is 0 Å². The molecule has 0 aromatic carbocycles. The molecule has 0 saturated carbocycles. The van der Waals surface area contributed by atoms with Crippen molar-refractivity contribution in [3.8, 4) is 0 Å². The minimum absolute atomic E-state index is 0. The Kier molecular flexibility index (Phi) is 3.00. The van der Waals surface area contributed by atoms with Crippen LogP contribution in [-0.4, -0.2) is 9.55 Å². The molecule has 0 bridgehead atoms. The summed E-state index contributed by atoms with van der Waals surface area (Å²) in [7, 11) is 1.94. The molecule has 0 aliphatic rings. The fourth-order valence-electron chi connectivity index (χ4n) is 0.326. The largest absolute Gasteiger partial charge is 0.341 e. The molecular formula is C4H6AgN2. The van der Waals surface area contributed by atoms with Crippen molar-refractivity contribution < 1.29 is 22.4 Å². The Hall–Kier alpha value is -0.0497. The van der Waals surface area contributed by atoms with E-state index in [0.717, 1.165) is 0 Å². The van der Waals surface area contributed by atoms with Gasteiger partial charge in [-0.05, 0) is 0 Å². The molecule has 0 aliphatic heterocycles. The fourth-order valence-corrected chi connectivity index (χ4v) is 0.326. The summed E-state index contributed by atoms with van der Waals surface area (Å²) in [6.07, 6.45) is 5.39. The Labute approximate surface area is 58.1 Å². The van der Waals surface area contributed by atoms with Gasteiger partial charge in [0, 0.05) is 41.8 Å². The first-order valence-electron chi connectivity index (χ1n) is 1.81. The maximum atomic E-state index is 3.78. The van der Waals surface area contributed by atoms with Gasteiger partial charge in [0.25, 0.3) is 0 Å². The zero-order valence-electron chi connectivity index (χ0n) is 3.93. The fraction of sp³-hybridized carbons (Fsp3) is 0.250. The Morgan fingerprint density at radius 1 is 1.57 bits per heavy atom. The smallest absolute Gasteiger partial charge is 0.0943 e. The van der Waals surface area contributed by atoms with E-state index in [-0.39, 0.29) is 22.4 Å². The van der Waals surface area contributed by atoms with E-state index in [4.69, 9.17) is 0 Å². The summed E-state index contributed by atoms with van der Waals surface area (Å²) in [5.41, 5.74) is 0. The van der Waals surface area contributed by atoms with Gasteiger partial charge in [-0.25, -0.2) is 4.98 Å². The molecule has 0 fully saturated rings. The average Bonchev–Trinajstić information content (AvgIpc) is 1.86. The van der Waals surface area contributed by atoms with Gasteiger partial charge in [0.1, 0.15) is 0 Å². The molecule has 0 aliphatic carbocycles. The van der Waals surface area contributed by atoms with Gasteiger partial charge in [-0.1, -0.05) is 0 Å². The molecule has 43 valence electrons. The summed E-state index contributed by atoms with van der Waals surface area (Å²) < 4.78 is 1.89. The molecule has 1 aromatic heterocycles. The quantitative estimate of drug-likeness (QED) is 0.542. The molecule has 1 radical (unpaired) electrons. The normalized spacial score (nSPS) is 7.57. The van der Waals surface area contributed by atoms with Crippen molar-refractivity contribution in [2.24, 2.45) is 7.05 Å². The summed E-state index contributed by atoms with van der Waals surface area (Å²) in [6, 6.07) is 0. The number of imidazole rings is 1. The van der Waals surface area contributed by atoms with E-state index >= 15 is 0 Å². The number of rotatable bonds is 0. The van der Waals surface area contributed by atoms with Gasteiger partial charge in [-0.15, -0.1) is 0 Å². The second kappa shape index (κ2) is 3.02. The van der Waals surface area contributed by atoms with Gasteiger partial charge < -0.3 is 4.57 Å². The second-order valence-corrected chi connectivity index (χ2v) is 1.23. The molecule has 0 unspecified atom stereocenters. The third-order valence-corrected chi connectivity index (χ3v) is 0.637. The summed E-state index contributed by atoms with van der Waals surface area (Å²) in [5, 5.41) is 0. The van der Waals surface area contributed by atoms with Crippen LogP contribution in [0.15, 0.2) is 18.7 Å². The van der Waals surface area contributed by atoms with E-state index in [9.17, 15) is 0 Å². The third-order valence-electron chi connectivity index (χ3n) is 0.637. The van der Waals surface area contributed by atoms with Gasteiger partial charge in [-0.2, -0.15) is 0 Å². The van der Waals surface area contributed by atoms with Crippen LogP contribution in [0.2, 0.25) is 0 Å². The SMILES string of the molecule is Cn1ccnc1.[Ag]. The topological polar surface area (TPSA) is 17.8 Å². The van der Waals surface area contributed by atoms with Crippen LogP contribution >= 0.6 is 0 Å². The molecular weight excluding hydrogens is 184 g/mol. The van der Waals surface area contributed by atoms with Crippen LogP contribution in [0.3, 0.4) is 0 Å². The van der Waals surface area contributed by atoms with Crippen molar-refractivity contribution in [3.05, 3.63) is 18.7 Å². The summed E-state index contributed by atoms with van der Waals surface area (Å²) in [6.45, 7) is 0. The number of hydrogen-bond acceptors (Lipinski definition) is 1. The van der Waals surface area contributed by atoms with Crippen LogP contribution in [0.1, 0.15) is 0 Å². The van der Waals surface area contributed by atoms with Gasteiger partial charge in [-0.3, -0.25) is 0 Å². The molecule has 0 spiro atoms. The van der Waals surface area contributed by atoms with E-state index in [1.54, 1.807) is 12.5 Å². The van der Waals surface area contributed by atoms with Gasteiger partial charge in [0.15, 0.2) is 0 Å². The summed E-state index contributed by atoms with van der Waals surface area (Å²) in [5.74, 6) is 0. The van der Waals surface area contributed by atoms with Gasteiger partial charge in [0.2, 0.25) is 0 Å². The number of aryl methyl sites for hydroxylation is 1. The predicted octanol–water partition coefficient (Wildman–Crippen LogP) is 0.418. The number of nitrogens with zero attached hydrogens (tertiary/aromatic N) is 2. The minimum atomic E-state index is 0. The molecule has 0 saturated heterocycles. The first kappa shape index (κ1) is 6.95. The molecule has 0 atom stereocenters. The second-order valence-electron chi connectivity index (χ2n) is 1.23. The molecule has 2 nitrogen and oxygen atoms in total. The van der Waals surface area contributed by atoms with Crippen LogP contribution in [0, 0.1) is 0 Å². The Morgan fingerprint density at radius 3 is 2.43 bits per heavy atom. The molecule has 1 rings (SSSR count).